The predicted octanol–water partition coefficient (Wildman–Crippen LogP) is 3.41. The van der Waals surface area contributed by atoms with E-state index in [4.69, 9.17) is 23.2 Å². The van der Waals surface area contributed by atoms with Crippen LogP contribution in [0, 0.1) is 0 Å². The van der Waals surface area contributed by atoms with Crippen molar-refractivity contribution >= 4 is 28.9 Å². The molecule has 1 aromatic heterocycles. The summed E-state index contributed by atoms with van der Waals surface area (Å²) in [6.07, 6.45) is 1.05. The van der Waals surface area contributed by atoms with Crippen LogP contribution in [-0.2, 0) is 0 Å². The maximum Gasteiger partial charge on any atom is 0.175 e. The molecule has 5 heteroatoms. The monoisotopic (exact) mass is 247 g/mol. The highest BCUT2D eigenvalue weighted by molar-refractivity contribution is 6.33. The first-order valence-electron chi connectivity index (χ1n) is 5.05. The fraction of sp³-hybridized carbons (Fsp3) is 0.600. The second-order valence-corrected chi connectivity index (χ2v) is 4.13. The normalized spacial score (nSPS) is 12.6. The molecular formula is C10H15Cl2N3. The molecule has 1 aromatic rings. The van der Waals surface area contributed by atoms with Crippen LogP contribution >= 0.6 is 23.2 Å². The number of hydrogen-bond donors (Lipinski definition) is 0. The second kappa shape index (κ2) is 5.52. The largest absolute Gasteiger partial charge is 0.366 e. The minimum atomic E-state index is 0.371. The van der Waals surface area contributed by atoms with Gasteiger partial charge in [0.15, 0.2) is 10.3 Å². The van der Waals surface area contributed by atoms with Gasteiger partial charge in [-0.1, -0.05) is 30.1 Å². The Kier molecular flexibility index (Phi) is 4.61. The van der Waals surface area contributed by atoms with Crippen molar-refractivity contribution in [1.82, 2.24) is 10.2 Å². The molecule has 1 rings (SSSR count). The molecule has 1 heterocycles. The summed E-state index contributed by atoms with van der Waals surface area (Å²) in [6, 6.07) is 2.17. The lowest BCUT2D eigenvalue weighted by atomic mass is 10.2. The van der Waals surface area contributed by atoms with Gasteiger partial charge in [-0.15, -0.1) is 10.2 Å². The van der Waals surface area contributed by atoms with E-state index in [1.54, 1.807) is 6.07 Å². The van der Waals surface area contributed by atoms with Crippen LogP contribution in [0.1, 0.15) is 27.2 Å². The second-order valence-electron chi connectivity index (χ2n) is 3.39. The van der Waals surface area contributed by atoms with Crippen LogP contribution in [0.5, 0.6) is 0 Å². The Balaban J connectivity index is 3.05. The quantitative estimate of drug-likeness (QED) is 0.817. The first-order valence-corrected chi connectivity index (χ1v) is 5.81. The SMILES string of the molecule is CCC(C)N(CC)c1cc(Cl)nnc1Cl. The molecule has 3 nitrogen and oxygen atoms in total. The molecular weight excluding hydrogens is 233 g/mol. The molecule has 0 spiro atoms. The zero-order valence-electron chi connectivity index (χ0n) is 9.17. The minimum Gasteiger partial charge on any atom is -0.366 e. The van der Waals surface area contributed by atoms with E-state index in [9.17, 15) is 0 Å². The molecule has 0 aliphatic heterocycles. The Hall–Kier alpha value is -0.540. The zero-order chi connectivity index (χ0) is 11.4. The number of aromatic nitrogens is 2. The molecule has 15 heavy (non-hydrogen) atoms. The Labute approximate surface area is 100 Å². The van der Waals surface area contributed by atoms with E-state index in [-0.39, 0.29) is 0 Å². The van der Waals surface area contributed by atoms with Gasteiger partial charge in [0.05, 0.1) is 5.69 Å². The number of hydrogen-bond acceptors (Lipinski definition) is 3. The summed E-state index contributed by atoms with van der Waals surface area (Å²) in [5.74, 6) is 0. The van der Waals surface area contributed by atoms with Crippen LogP contribution in [0.25, 0.3) is 0 Å². The van der Waals surface area contributed by atoms with Crippen LogP contribution in [0.15, 0.2) is 6.07 Å². The maximum atomic E-state index is 6.00. The van der Waals surface area contributed by atoms with E-state index in [1.165, 1.54) is 0 Å². The van der Waals surface area contributed by atoms with Crippen molar-refractivity contribution in [3.63, 3.8) is 0 Å². The summed E-state index contributed by atoms with van der Waals surface area (Å²) in [4.78, 5) is 2.17. The van der Waals surface area contributed by atoms with Gasteiger partial charge in [-0.25, -0.2) is 0 Å². The van der Waals surface area contributed by atoms with Gasteiger partial charge in [0.25, 0.3) is 0 Å². The summed E-state index contributed by atoms with van der Waals surface area (Å²) in [6.45, 7) is 7.24. The number of rotatable bonds is 4. The van der Waals surface area contributed by atoms with Crippen molar-refractivity contribution in [3.8, 4) is 0 Å². The van der Waals surface area contributed by atoms with E-state index in [0.29, 0.717) is 16.3 Å². The van der Waals surface area contributed by atoms with Crippen molar-refractivity contribution in [1.29, 1.82) is 0 Å². The summed E-state index contributed by atoms with van der Waals surface area (Å²) < 4.78 is 0. The van der Waals surface area contributed by atoms with Gasteiger partial charge >= 0.3 is 0 Å². The zero-order valence-corrected chi connectivity index (χ0v) is 10.7. The molecule has 0 saturated carbocycles. The molecule has 0 bridgehead atoms. The molecule has 0 radical (unpaired) electrons. The lowest BCUT2D eigenvalue weighted by Crippen LogP contribution is -2.32. The van der Waals surface area contributed by atoms with E-state index in [2.05, 4.69) is 35.9 Å². The maximum absolute atomic E-state index is 6.00. The summed E-state index contributed by atoms with van der Waals surface area (Å²) in [5.41, 5.74) is 0.855. The van der Waals surface area contributed by atoms with Gasteiger partial charge < -0.3 is 4.90 Å². The lowest BCUT2D eigenvalue weighted by molar-refractivity contribution is 0.628. The van der Waals surface area contributed by atoms with Gasteiger partial charge in [-0.05, 0) is 20.3 Å². The minimum absolute atomic E-state index is 0.371. The topological polar surface area (TPSA) is 29.0 Å². The predicted molar refractivity (Wildman–Crippen MR) is 64.8 cm³/mol. The van der Waals surface area contributed by atoms with Gasteiger partial charge in [-0.3, -0.25) is 0 Å². The average Bonchev–Trinajstić information content (AvgIpc) is 2.23. The van der Waals surface area contributed by atoms with E-state index in [1.807, 2.05) is 0 Å². The highest BCUT2D eigenvalue weighted by atomic mass is 35.5. The fourth-order valence-corrected chi connectivity index (χ4v) is 1.83. The van der Waals surface area contributed by atoms with E-state index in [0.717, 1.165) is 18.7 Å². The highest BCUT2D eigenvalue weighted by Crippen LogP contribution is 2.27. The summed E-state index contributed by atoms with van der Waals surface area (Å²) in [5, 5.41) is 8.28. The fourth-order valence-electron chi connectivity index (χ4n) is 1.49. The number of anilines is 1. The molecule has 0 aliphatic carbocycles. The van der Waals surface area contributed by atoms with Gasteiger partial charge in [0.1, 0.15) is 0 Å². The Morgan fingerprint density at radius 2 is 2.00 bits per heavy atom. The number of nitrogens with zero attached hydrogens (tertiary/aromatic N) is 3. The Morgan fingerprint density at radius 3 is 2.53 bits per heavy atom. The molecule has 0 amide bonds. The Bertz CT molecular complexity index is 330. The number of halogens is 2. The third-order valence-electron chi connectivity index (χ3n) is 2.47. The van der Waals surface area contributed by atoms with Gasteiger partial charge in [0.2, 0.25) is 0 Å². The van der Waals surface area contributed by atoms with Crippen LogP contribution < -0.4 is 4.90 Å². The van der Waals surface area contributed by atoms with Crippen molar-refractivity contribution in [2.45, 2.75) is 33.2 Å². The summed E-state index contributed by atoms with van der Waals surface area (Å²) >= 11 is 11.8. The van der Waals surface area contributed by atoms with Gasteiger partial charge in [-0.2, -0.15) is 0 Å². The highest BCUT2D eigenvalue weighted by Gasteiger charge is 2.15. The smallest absolute Gasteiger partial charge is 0.175 e. The summed E-state index contributed by atoms with van der Waals surface area (Å²) in [7, 11) is 0. The van der Waals surface area contributed by atoms with Crippen molar-refractivity contribution in [2.75, 3.05) is 11.4 Å². The first kappa shape index (κ1) is 12.5. The van der Waals surface area contributed by atoms with Crippen LogP contribution in [0.3, 0.4) is 0 Å². The van der Waals surface area contributed by atoms with Gasteiger partial charge in [0, 0.05) is 18.7 Å². The third kappa shape index (κ3) is 2.95. The molecule has 1 unspecified atom stereocenters. The first-order chi connectivity index (χ1) is 7.10. The lowest BCUT2D eigenvalue weighted by Gasteiger charge is -2.29. The molecule has 1 atom stereocenters. The standard InChI is InChI=1S/C10H15Cl2N3/c1-4-7(3)15(5-2)8-6-9(11)13-14-10(8)12/h6-7H,4-5H2,1-3H3. The Morgan fingerprint density at radius 1 is 1.33 bits per heavy atom. The van der Waals surface area contributed by atoms with Crippen molar-refractivity contribution < 1.29 is 0 Å². The molecule has 84 valence electrons. The average molecular weight is 248 g/mol. The molecule has 0 saturated heterocycles. The molecule has 0 aromatic carbocycles. The van der Waals surface area contributed by atoms with E-state index < -0.39 is 0 Å². The van der Waals surface area contributed by atoms with Crippen LogP contribution in [0.4, 0.5) is 5.69 Å². The van der Waals surface area contributed by atoms with Crippen molar-refractivity contribution in [2.24, 2.45) is 0 Å². The molecule has 0 aliphatic rings. The van der Waals surface area contributed by atoms with Crippen LogP contribution in [0.2, 0.25) is 10.3 Å². The third-order valence-corrected chi connectivity index (χ3v) is 2.93. The van der Waals surface area contributed by atoms with E-state index >= 15 is 0 Å². The van der Waals surface area contributed by atoms with Crippen LogP contribution in [-0.4, -0.2) is 22.8 Å². The van der Waals surface area contributed by atoms with Crippen molar-refractivity contribution in [3.05, 3.63) is 16.4 Å². The molecule has 0 N–H and O–H groups in total. The molecule has 0 fully saturated rings.